The average Bonchev–Trinajstić information content (AvgIpc) is 3.54. The van der Waals surface area contributed by atoms with Crippen LogP contribution in [-0.2, 0) is 13.0 Å². The molecule has 34 heavy (non-hydrogen) atoms. The van der Waals surface area contributed by atoms with E-state index in [1.807, 2.05) is 37.3 Å². The molecule has 0 spiro atoms. The van der Waals surface area contributed by atoms with Gasteiger partial charge in [-0.2, -0.15) is 4.98 Å². The molecule has 0 saturated carbocycles. The highest BCUT2D eigenvalue weighted by Crippen LogP contribution is 2.38. The second-order valence-corrected chi connectivity index (χ2v) is 8.07. The first kappa shape index (κ1) is 21.6. The molecule has 1 aliphatic rings. The van der Waals surface area contributed by atoms with Crippen molar-refractivity contribution in [3.05, 3.63) is 101 Å². The summed E-state index contributed by atoms with van der Waals surface area (Å²) in [6, 6.07) is 16.8. The molecule has 5 rings (SSSR count). The first-order valence-electron chi connectivity index (χ1n) is 11.0. The summed E-state index contributed by atoms with van der Waals surface area (Å²) in [6.07, 6.45) is 2.49. The first-order valence-corrected chi connectivity index (χ1v) is 11.0. The number of aryl methyl sites for hydroxylation is 1. The van der Waals surface area contributed by atoms with Crippen LogP contribution < -0.4 is 5.32 Å². The molecule has 172 valence electrons. The summed E-state index contributed by atoms with van der Waals surface area (Å²) in [4.78, 5) is 19.3. The van der Waals surface area contributed by atoms with Crippen molar-refractivity contribution >= 4 is 11.6 Å². The number of urea groups is 1. The van der Waals surface area contributed by atoms with Crippen molar-refractivity contribution in [1.29, 1.82) is 0 Å². The van der Waals surface area contributed by atoms with Crippen molar-refractivity contribution < 1.29 is 18.1 Å². The molecule has 2 aromatic heterocycles. The fourth-order valence-corrected chi connectivity index (χ4v) is 4.05. The zero-order valence-corrected chi connectivity index (χ0v) is 18.8. The number of carbonyl (C=O) groups excluding carboxylic acids is 1. The smallest absolute Gasteiger partial charge is 0.322 e. The molecule has 0 radical (unpaired) electrons. The summed E-state index contributed by atoms with van der Waals surface area (Å²) in [5.41, 5.74) is 4.10. The number of rotatable bonds is 6. The molecule has 0 aliphatic carbocycles. The maximum absolute atomic E-state index is 13.4. The number of hydrogen-bond acceptors (Lipinski definition) is 5. The van der Waals surface area contributed by atoms with Crippen molar-refractivity contribution in [3.8, 4) is 11.4 Å². The summed E-state index contributed by atoms with van der Waals surface area (Å²) in [5, 5.41) is 7.19. The van der Waals surface area contributed by atoms with Crippen LogP contribution in [0.5, 0.6) is 0 Å². The van der Waals surface area contributed by atoms with Gasteiger partial charge in [-0.15, -0.1) is 0 Å². The van der Waals surface area contributed by atoms with Gasteiger partial charge in [-0.25, -0.2) is 9.18 Å². The summed E-state index contributed by atoms with van der Waals surface area (Å²) in [5.74, 6) is 0.929. The van der Waals surface area contributed by atoms with Gasteiger partial charge in [0.05, 0.1) is 24.4 Å². The van der Waals surface area contributed by atoms with E-state index in [0.717, 1.165) is 12.0 Å². The molecular weight excluding hydrogens is 435 g/mol. The molecule has 1 N–H and O–H groups in total. The monoisotopic (exact) mass is 458 g/mol. The Kier molecular flexibility index (Phi) is 5.71. The highest BCUT2D eigenvalue weighted by molar-refractivity contribution is 5.86. The minimum atomic E-state index is -0.479. The predicted octanol–water partition coefficient (Wildman–Crippen LogP) is 5.73. The molecule has 3 heterocycles. The van der Waals surface area contributed by atoms with Crippen LogP contribution in [-0.4, -0.2) is 21.1 Å². The van der Waals surface area contributed by atoms with Gasteiger partial charge in [0.15, 0.2) is 0 Å². The van der Waals surface area contributed by atoms with Gasteiger partial charge in [-0.1, -0.05) is 36.3 Å². The van der Waals surface area contributed by atoms with Gasteiger partial charge >= 0.3 is 6.03 Å². The lowest BCUT2D eigenvalue weighted by Crippen LogP contribution is -2.45. The standard InChI is InChI=1S/C26H23FN4O3/c1-3-17-6-8-18(9-7-17)23-22(16(2)31(26(32)28-23)15-21-5-4-14-33-21)25-29-24(30-34-25)19-10-12-20(27)13-11-19/h4-14,23H,3,15H2,1-2H3,(H,28,32). The van der Waals surface area contributed by atoms with Crippen LogP contribution in [0, 0.1) is 5.82 Å². The van der Waals surface area contributed by atoms with E-state index < -0.39 is 6.04 Å². The molecule has 7 nitrogen and oxygen atoms in total. The number of nitrogens with zero attached hydrogens (tertiary/aromatic N) is 3. The lowest BCUT2D eigenvalue weighted by Gasteiger charge is -2.34. The molecule has 2 amide bonds. The van der Waals surface area contributed by atoms with Crippen LogP contribution >= 0.6 is 0 Å². The highest BCUT2D eigenvalue weighted by Gasteiger charge is 2.36. The molecule has 0 saturated heterocycles. The zero-order chi connectivity index (χ0) is 23.7. The van der Waals surface area contributed by atoms with Gasteiger partial charge in [-0.3, -0.25) is 4.90 Å². The number of aromatic nitrogens is 2. The number of allylic oxidation sites excluding steroid dienone is 1. The fraction of sp³-hybridized carbons (Fsp3) is 0.192. The first-order chi connectivity index (χ1) is 16.5. The van der Waals surface area contributed by atoms with Gasteiger partial charge in [0.1, 0.15) is 11.6 Å². The maximum Gasteiger partial charge on any atom is 0.322 e. The van der Waals surface area contributed by atoms with Gasteiger partial charge in [0, 0.05) is 11.3 Å². The average molecular weight is 458 g/mol. The summed E-state index contributed by atoms with van der Waals surface area (Å²) in [6.45, 7) is 4.20. The maximum atomic E-state index is 13.4. The second kappa shape index (κ2) is 8.97. The zero-order valence-electron chi connectivity index (χ0n) is 18.8. The number of halogens is 1. The van der Waals surface area contributed by atoms with Crippen LogP contribution in [0.15, 0.2) is 81.6 Å². The summed E-state index contributed by atoms with van der Waals surface area (Å²) < 4.78 is 24.5. The molecule has 0 bridgehead atoms. The number of nitrogens with one attached hydrogen (secondary N) is 1. The predicted molar refractivity (Wildman–Crippen MR) is 124 cm³/mol. The van der Waals surface area contributed by atoms with Crippen LogP contribution in [0.3, 0.4) is 0 Å². The third-order valence-electron chi connectivity index (χ3n) is 5.97. The van der Waals surface area contributed by atoms with Crippen molar-refractivity contribution in [2.75, 3.05) is 0 Å². The van der Waals surface area contributed by atoms with E-state index in [1.165, 1.54) is 17.7 Å². The van der Waals surface area contributed by atoms with Gasteiger partial charge in [0.25, 0.3) is 5.89 Å². The molecule has 1 aliphatic heterocycles. The Morgan fingerprint density at radius 2 is 1.85 bits per heavy atom. The SMILES string of the molecule is CCc1ccc(C2NC(=O)N(Cc3ccco3)C(C)=C2c2nc(-c3ccc(F)cc3)no2)cc1. The Labute approximate surface area is 195 Å². The third kappa shape index (κ3) is 4.10. The van der Waals surface area contributed by atoms with E-state index in [0.29, 0.717) is 28.4 Å². The Hall–Kier alpha value is -4.20. The fourth-order valence-electron chi connectivity index (χ4n) is 4.05. The quantitative estimate of drug-likeness (QED) is 0.399. The third-order valence-corrected chi connectivity index (χ3v) is 5.97. The molecule has 4 aromatic rings. The van der Waals surface area contributed by atoms with Gasteiger partial charge < -0.3 is 14.3 Å². The van der Waals surface area contributed by atoms with Crippen LogP contribution in [0.2, 0.25) is 0 Å². The molecular formula is C26H23FN4O3. The van der Waals surface area contributed by atoms with E-state index in [-0.39, 0.29) is 24.3 Å². The van der Waals surface area contributed by atoms with E-state index in [1.54, 1.807) is 29.4 Å². The van der Waals surface area contributed by atoms with Crippen LogP contribution in [0.4, 0.5) is 9.18 Å². The Balaban J connectivity index is 1.58. The molecule has 0 fully saturated rings. The van der Waals surface area contributed by atoms with E-state index in [9.17, 15) is 9.18 Å². The van der Waals surface area contributed by atoms with Gasteiger partial charge in [-0.05, 0) is 60.9 Å². The van der Waals surface area contributed by atoms with Crippen molar-refractivity contribution in [2.24, 2.45) is 0 Å². The van der Waals surface area contributed by atoms with Crippen LogP contribution in [0.25, 0.3) is 17.0 Å². The Bertz CT molecular complexity index is 1330. The summed E-state index contributed by atoms with van der Waals surface area (Å²) in [7, 11) is 0. The Morgan fingerprint density at radius 1 is 1.09 bits per heavy atom. The minimum Gasteiger partial charge on any atom is -0.467 e. The van der Waals surface area contributed by atoms with Gasteiger partial charge in [0.2, 0.25) is 5.82 Å². The molecule has 8 heteroatoms. The second-order valence-electron chi connectivity index (χ2n) is 8.07. The molecule has 1 unspecified atom stereocenters. The normalized spacial score (nSPS) is 16.1. The van der Waals surface area contributed by atoms with Crippen molar-refractivity contribution in [3.63, 3.8) is 0 Å². The van der Waals surface area contributed by atoms with Crippen LogP contribution in [0.1, 0.15) is 42.7 Å². The Morgan fingerprint density at radius 3 is 2.53 bits per heavy atom. The number of benzene rings is 2. The molecule has 1 atom stereocenters. The van der Waals surface area contributed by atoms with E-state index in [4.69, 9.17) is 8.94 Å². The minimum absolute atomic E-state index is 0.250. The number of carbonyl (C=O) groups is 1. The topological polar surface area (TPSA) is 84.4 Å². The number of furan rings is 1. The lowest BCUT2D eigenvalue weighted by molar-refractivity contribution is 0.199. The highest BCUT2D eigenvalue weighted by atomic mass is 19.1. The number of amides is 2. The largest absolute Gasteiger partial charge is 0.467 e. The summed E-state index contributed by atoms with van der Waals surface area (Å²) >= 11 is 0. The number of hydrogen-bond donors (Lipinski definition) is 1. The van der Waals surface area contributed by atoms with Crippen molar-refractivity contribution in [2.45, 2.75) is 32.9 Å². The van der Waals surface area contributed by atoms with E-state index >= 15 is 0 Å². The van der Waals surface area contributed by atoms with Crippen molar-refractivity contribution in [1.82, 2.24) is 20.4 Å². The lowest BCUT2D eigenvalue weighted by atomic mass is 9.93. The molecule has 2 aromatic carbocycles. The van der Waals surface area contributed by atoms with E-state index in [2.05, 4.69) is 22.4 Å².